The SMILES string of the molecule is CC(C)(C)c1cc(-n2nc3ccc(Sc4ccc(Cl)cc4)cc3n2)c(O)c(C(C)(C)C)c1. The van der Waals surface area contributed by atoms with E-state index in [1.807, 2.05) is 48.5 Å². The van der Waals surface area contributed by atoms with Crippen LogP contribution in [0.4, 0.5) is 0 Å². The van der Waals surface area contributed by atoms with E-state index in [0.29, 0.717) is 5.69 Å². The lowest BCUT2D eigenvalue weighted by Gasteiger charge is -2.27. The van der Waals surface area contributed by atoms with Gasteiger partial charge in [0.15, 0.2) is 0 Å². The van der Waals surface area contributed by atoms with Gasteiger partial charge in [-0.05, 0) is 64.9 Å². The van der Waals surface area contributed by atoms with E-state index in [4.69, 9.17) is 16.7 Å². The number of aromatic hydroxyl groups is 1. The standard InChI is InChI=1S/C26H28ClN3OS/c1-25(2,3)16-13-20(26(4,5)6)24(31)23(14-16)30-28-21-12-11-19(15-22(21)29-30)32-18-9-7-17(27)8-10-18/h7-15,31H,1-6H3. The fourth-order valence-corrected chi connectivity index (χ4v) is 4.46. The molecule has 4 rings (SSSR count). The number of halogens is 1. The Kier molecular flexibility index (Phi) is 5.76. The van der Waals surface area contributed by atoms with Gasteiger partial charge in [-0.2, -0.15) is 0 Å². The van der Waals surface area contributed by atoms with Gasteiger partial charge in [0, 0.05) is 20.4 Å². The molecule has 0 aliphatic carbocycles. The Morgan fingerprint density at radius 2 is 1.41 bits per heavy atom. The Labute approximate surface area is 198 Å². The van der Waals surface area contributed by atoms with Crippen LogP contribution >= 0.6 is 23.4 Å². The van der Waals surface area contributed by atoms with Gasteiger partial charge >= 0.3 is 0 Å². The maximum absolute atomic E-state index is 11.1. The number of hydrogen-bond acceptors (Lipinski definition) is 4. The maximum atomic E-state index is 11.1. The molecule has 0 aliphatic heterocycles. The molecule has 0 unspecified atom stereocenters. The van der Waals surface area contributed by atoms with E-state index in [0.717, 1.165) is 37.0 Å². The Hall–Kier alpha value is -2.50. The van der Waals surface area contributed by atoms with Crippen molar-refractivity contribution < 1.29 is 5.11 Å². The molecule has 0 bridgehead atoms. The zero-order valence-corrected chi connectivity index (χ0v) is 20.8. The Bertz CT molecular complexity index is 1280. The molecule has 1 N–H and O–H groups in total. The quantitative estimate of drug-likeness (QED) is 0.339. The number of hydrogen-bond donors (Lipinski definition) is 1. The zero-order valence-electron chi connectivity index (χ0n) is 19.3. The summed E-state index contributed by atoms with van der Waals surface area (Å²) in [5.74, 6) is 0.224. The van der Waals surface area contributed by atoms with Crippen molar-refractivity contribution in [2.45, 2.75) is 62.2 Å². The summed E-state index contributed by atoms with van der Waals surface area (Å²) < 4.78 is 0. The number of fused-ring (bicyclic) bond motifs is 1. The predicted molar refractivity (Wildman–Crippen MR) is 134 cm³/mol. The second kappa shape index (κ2) is 8.13. The molecule has 0 amide bonds. The normalized spacial score (nSPS) is 12.5. The first-order valence-corrected chi connectivity index (χ1v) is 11.8. The molecular formula is C26H28ClN3OS. The zero-order chi connectivity index (χ0) is 23.3. The molecule has 1 heterocycles. The molecule has 3 aromatic carbocycles. The van der Waals surface area contributed by atoms with Gasteiger partial charge in [-0.1, -0.05) is 71.0 Å². The second-order valence-corrected chi connectivity index (χ2v) is 11.7. The van der Waals surface area contributed by atoms with Crippen LogP contribution in [-0.4, -0.2) is 20.1 Å². The van der Waals surface area contributed by atoms with Gasteiger partial charge in [0.1, 0.15) is 22.5 Å². The van der Waals surface area contributed by atoms with Crippen LogP contribution in [0.5, 0.6) is 5.75 Å². The van der Waals surface area contributed by atoms with Gasteiger partial charge in [0.05, 0.1) is 0 Å². The first kappa shape index (κ1) is 22.7. The topological polar surface area (TPSA) is 50.9 Å². The van der Waals surface area contributed by atoms with Gasteiger partial charge in [0.2, 0.25) is 0 Å². The van der Waals surface area contributed by atoms with E-state index in [2.05, 4.69) is 52.7 Å². The smallest absolute Gasteiger partial charge is 0.146 e. The predicted octanol–water partition coefficient (Wildman–Crippen LogP) is 7.53. The average Bonchev–Trinajstić information content (AvgIpc) is 3.11. The van der Waals surface area contributed by atoms with Crippen LogP contribution in [0, 0.1) is 0 Å². The average molecular weight is 466 g/mol. The summed E-state index contributed by atoms with van der Waals surface area (Å²) in [5, 5.41) is 21.3. The van der Waals surface area contributed by atoms with Crippen LogP contribution in [0.15, 0.2) is 64.4 Å². The van der Waals surface area contributed by atoms with E-state index >= 15 is 0 Å². The van der Waals surface area contributed by atoms with Crippen LogP contribution in [-0.2, 0) is 10.8 Å². The summed E-state index contributed by atoms with van der Waals surface area (Å²) in [6.07, 6.45) is 0. The lowest BCUT2D eigenvalue weighted by Crippen LogP contribution is -2.18. The molecule has 166 valence electrons. The van der Waals surface area contributed by atoms with Crippen molar-refractivity contribution in [3.63, 3.8) is 0 Å². The second-order valence-electron chi connectivity index (χ2n) is 10.1. The van der Waals surface area contributed by atoms with Crippen LogP contribution in [0.2, 0.25) is 5.02 Å². The molecule has 1 aromatic heterocycles. The lowest BCUT2D eigenvalue weighted by atomic mass is 9.80. The highest BCUT2D eigenvalue weighted by atomic mass is 35.5. The van der Waals surface area contributed by atoms with Crippen LogP contribution < -0.4 is 0 Å². The molecular weight excluding hydrogens is 438 g/mol. The third kappa shape index (κ3) is 4.64. The van der Waals surface area contributed by atoms with Crippen LogP contribution in [0.3, 0.4) is 0 Å². The van der Waals surface area contributed by atoms with Gasteiger partial charge < -0.3 is 5.11 Å². The van der Waals surface area contributed by atoms with Crippen LogP contribution in [0.25, 0.3) is 16.7 Å². The molecule has 0 spiro atoms. The number of nitrogens with zero attached hydrogens (tertiary/aromatic N) is 3. The van der Waals surface area contributed by atoms with Crippen LogP contribution in [0.1, 0.15) is 52.7 Å². The minimum Gasteiger partial charge on any atom is -0.505 e. The summed E-state index contributed by atoms with van der Waals surface area (Å²) in [5.41, 5.74) is 3.90. The molecule has 4 aromatic rings. The lowest BCUT2D eigenvalue weighted by molar-refractivity contribution is 0.438. The number of benzene rings is 3. The fourth-order valence-electron chi connectivity index (χ4n) is 3.48. The molecule has 0 fully saturated rings. The molecule has 0 atom stereocenters. The fraction of sp³-hybridized carbons (Fsp3) is 0.308. The van der Waals surface area contributed by atoms with E-state index < -0.39 is 0 Å². The van der Waals surface area contributed by atoms with E-state index in [-0.39, 0.29) is 16.6 Å². The third-order valence-electron chi connectivity index (χ3n) is 5.38. The molecule has 6 heteroatoms. The van der Waals surface area contributed by atoms with Gasteiger partial charge in [-0.25, -0.2) is 0 Å². The van der Waals surface area contributed by atoms with Crippen molar-refractivity contribution >= 4 is 34.4 Å². The van der Waals surface area contributed by atoms with Crippen molar-refractivity contribution in [2.24, 2.45) is 0 Å². The molecule has 0 aliphatic rings. The van der Waals surface area contributed by atoms with Gasteiger partial charge in [-0.15, -0.1) is 15.0 Å². The van der Waals surface area contributed by atoms with E-state index in [1.165, 1.54) is 0 Å². The highest BCUT2D eigenvalue weighted by Crippen LogP contribution is 2.39. The van der Waals surface area contributed by atoms with Crippen molar-refractivity contribution in [2.75, 3.05) is 0 Å². The molecule has 0 saturated heterocycles. The Morgan fingerprint density at radius 1 is 0.781 bits per heavy atom. The van der Waals surface area contributed by atoms with Crippen molar-refractivity contribution in [3.05, 3.63) is 70.7 Å². The summed E-state index contributed by atoms with van der Waals surface area (Å²) in [7, 11) is 0. The molecule has 4 nitrogen and oxygen atoms in total. The summed E-state index contributed by atoms with van der Waals surface area (Å²) >= 11 is 7.64. The number of phenolic OH excluding ortho intramolecular Hbond substituents is 1. The van der Waals surface area contributed by atoms with Crippen molar-refractivity contribution in [3.8, 4) is 11.4 Å². The minimum absolute atomic E-state index is 0.0720. The van der Waals surface area contributed by atoms with E-state index in [9.17, 15) is 5.11 Å². The Balaban J connectivity index is 1.78. The third-order valence-corrected chi connectivity index (χ3v) is 6.63. The minimum atomic E-state index is -0.213. The largest absolute Gasteiger partial charge is 0.505 e. The highest BCUT2D eigenvalue weighted by Gasteiger charge is 2.26. The van der Waals surface area contributed by atoms with Gasteiger partial charge in [0.25, 0.3) is 0 Å². The molecule has 0 saturated carbocycles. The summed E-state index contributed by atoms with van der Waals surface area (Å²) in [6.45, 7) is 12.8. The summed E-state index contributed by atoms with van der Waals surface area (Å²) in [6, 6.07) is 17.9. The highest BCUT2D eigenvalue weighted by molar-refractivity contribution is 7.99. The monoisotopic (exact) mass is 465 g/mol. The number of rotatable bonds is 3. The maximum Gasteiger partial charge on any atom is 0.146 e. The number of phenols is 1. The van der Waals surface area contributed by atoms with Crippen molar-refractivity contribution in [1.82, 2.24) is 15.0 Å². The molecule has 0 radical (unpaired) electrons. The number of aromatic nitrogens is 3. The van der Waals surface area contributed by atoms with E-state index in [1.54, 1.807) is 16.6 Å². The first-order chi connectivity index (χ1) is 14.9. The summed E-state index contributed by atoms with van der Waals surface area (Å²) in [4.78, 5) is 3.72. The Morgan fingerprint density at radius 3 is 2.03 bits per heavy atom. The molecule has 32 heavy (non-hydrogen) atoms. The first-order valence-electron chi connectivity index (χ1n) is 10.6. The van der Waals surface area contributed by atoms with Crippen molar-refractivity contribution in [1.29, 1.82) is 0 Å². The van der Waals surface area contributed by atoms with Gasteiger partial charge in [-0.3, -0.25) is 0 Å².